The first-order valence-corrected chi connectivity index (χ1v) is 7.93. The zero-order valence-electron chi connectivity index (χ0n) is 10.7. The van der Waals surface area contributed by atoms with Crippen LogP contribution in [0.2, 0.25) is 0 Å². The van der Waals surface area contributed by atoms with Crippen molar-refractivity contribution in [2.45, 2.75) is 32.4 Å². The number of benzene rings is 1. The van der Waals surface area contributed by atoms with E-state index >= 15 is 0 Å². The van der Waals surface area contributed by atoms with Crippen LogP contribution in [0, 0.1) is 0 Å². The van der Waals surface area contributed by atoms with Crippen molar-refractivity contribution in [2.75, 3.05) is 0 Å². The molecule has 2 atom stereocenters. The molecular weight excluding hydrogens is 306 g/mol. The van der Waals surface area contributed by atoms with Gasteiger partial charge in [0.15, 0.2) is 0 Å². The summed E-state index contributed by atoms with van der Waals surface area (Å²) in [5.41, 5.74) is 1.35. The van der Waals surface area contributed by atoms with E-state index in [0.29, 0.717) is 12.1 Å². The molecule has 96 valence electrons. The molecular formula is C15H18BrNS. The summed E-state index contributed by atoms with van der Waals surface area (Å²) < 4.78 is 1.13. The Hall–Kier alpha value is -0.640. The van der Waals surface area contributed by atoms with Gasteiger partial charge in [0, 0.05) is 21.4 Å². The Labute approximate surface area is 121 Å². The molecule has 1 aromatic carbocycles. The SMILES string of the molecule is CCC(N[C@@H](C)c1cccs1)c1ccc(Br)cc1. The van der Waals surface area contributed by atoms with E-state index in [-0.39, 0.29) is 0 Å². The lowest BCUT2D eigenvalue weighted by atomic mass is 10.0. The first kappa shape index (κ1) is 13.8. The second-order valence-corrected chi connectivity index (χ2v) is 6.31. The van der Waals surface area contributed by atoms with Gasteiger partial charge in [-0.25, -0.2) is 0 Å². The maximum Gasteiger partial charge on any atom is 0.0391 e. The van der Waals surface area contributed by atoms with Crippen molar-refractivity contribution >= 4 is 27.3 Å². The van der Waals surface area contributed by atoms with Gasteiger partial charge in [0.2, 0.25) is 0 Å². The Kier molecular flexibility index (Phi) is 4.98. The van der Waals surface area contributed by atoms with Gasteiger partial charge in [-0.2, -0.15) is 0 Å². The lowest BCUT2D eigenvalue weighted by Crippen LogP contribution is -2.23. The minimum Gasteiger partial charge on any atom is -0.303 e. The highest BCUT2D eigenvalue weighted by Gasteiger charge is 2.14. The smallest absolute Gasteiger partial charge is 0.0391 e. The van der Waals surface area contributed by atoms with Crippen molar-refractivity contribution in [3.8, 4) is 0 Å². The number of thiophene rings is 1. The Bertz CT molecular complexity index is 464. The van der Waals surface area contributed by atoms with Gasteiger partial charge < -0.3 is 5.32 Å². The molecule has 1 aromatic heterocycles. The average molecular weight is 324 g/mol. The van der Waals surface area contributed by atoms with E-state index in [4.69, 9.17) is 0 Å². The summed E-state index contributed by atoms with van der Waals surface area (Å²) in [6, 6.07) is 13.7. The fourth-order valence-corrected chi connectivity index (χ4v) is 3.07. The first-order valence-electron chi connectivity index (χ1n) is 6.25. The summed E-state index contributed by atoms with van der Waals surface area (Å²) in [5.74, 6) is 0. The molecule has 0 aliphatic carbocycles. The van der Waals surface area contributed by atoms with Gasteiger partial charge in [-0.3, -0.25) is 0 Å². The number of hydrogen-bond donors (Lipinski definition) is 1. The van der Waals surface area contributed by atoms with Crippen molar-refractivity contribution < 1.29 is 0 Å². The molecule has 18 heavy (non-hydrogen) atoms. The molecule has 3 heteroatoms. The second kappa shape index (κ2) is 6.50. The quantitative estimate of drug-likeness (QED) is 0.785. The Balaban J connectivity index is 2.07. The summed E-state index contributed by atoms with van der Waals surface area (Å²) in [5, 5.41) is 5.83. The van der Waals surface area contributed by atoms with E-state index in [1.165, 1.54) is 10.4 Å². The van der Waals surface area contributed by atoms with E-state index in [2.05, 4.69) is 76.9 Å². The van der Waals surface area contributed by atoms with Crippen LogP contribution in [0.3, 0.4) is 0 Å². The minimum absolute atomic E-state index is 0.401. The van der Waals surface area contributed by atoms with Crippen LogP contribution < -0.4 is 5.32 Å². The number of hydrogen-bond acceptors (Lipinski definition) is 2. The van der Waals surface area contributed by atoms with Crippen molar-refractivity contribution in [3.63, 3.8) is 0 Å². The first-order chi connectivity index (χ1) is 8.70. The van der Waals surface area contributed by atoms with Crippen LogP contribution in [0.4, 0.5) is 0 Å². The Morgan fingerprint density at radius 3 is 2.50 bits per heavy atom. The van der Waals surface area contributed by atoms with E-state index in [9.17, 15) is 0 Å². The standard InChI is InChI=1S/C15H18BrNS/c1-3-14(12-6-8-13(16)9-7-12)17-11(2)15-5-4-10-18-15/h4-11,14,17H,3H2,1-2H3/t11-,14?/m0/s1. The van der Waals surface area contributed by atoms with Gasteiger partial charge in [0.1, 0.15) is 0 Å². The van der Waals surface area contributed by atoms with Crippen molar-refractivity contribution in [3.05, 3.63) is 56.7 Å². The van der Waals surface area contributed by atoms with Crippen LogP contribution in [0.15, 0.2) is 46.3 Å². The molecule has 0 radical (unpaired) electrons. The number of nitrogens with one attached hydrogen (secondary N) is 1. The molecule has 1 nitrogen and oxygen atoms in total. The Morgan fingerprint density at radius 2 is 1.94 bits per heavy atom. The molecule has 0 aliphatic rings. The highest BCUT2D eigenvalue weighted by Crippen LogP contribution is 2.25. The van der Waals surface area contributed by atoms with Crippen LogP contribution in [0.25, 0.3) is 0 Å². The van der Waals surface area contributed by atoms with E-state index in [0.717, 1.165) is 10.9 Å². The molecule has 0 saturated heterocycles. The lowest BCUT2D eigenvalue weighted by molar-refractivity contribution is 0.460. The summed E-state index contributed by atoms with van der Waals surface area (Å²) >= 11 is 5.29. The molecule has 0 spiro atoms. The van der Waals surface area contributed by atoms with Gasteiger partial charge in [-0.1, -0.05) is 41.1 Å². The zero-order valence-corrected chi connectivity index (χ0v) is 13.1. The average Bonchev–Trinajstić information content (AvgIpc) is 2.91. The predicted molar refractivity (Wildman–Crippen MR) is 83.0 cm³/mol. The van der Waals surface area contributed by atoms with Crippen LogP contribution in [0.1, 0.15) is 42.8 Å². The fraction of sp³-hybridized carbons (Fsp3) is 0.333. The van der Waals surface area contributed by atoms with Crippen molar-refractivity contribution in [2.24, 2.45) is 0 Å². The third-order valence-electron chi connectivity index (χ3n) is 3.10. The topological polar surface area (TPSA) is 12.0 Å². The minimum atomic E-state index is 0.401. The third kappa shape index (κ3) is 3.44. The largest absolute Gasteiger partial charge is 0.303 e. The van der Waals surface area contributed by atoms with Gasteiger partial charge in [0.25, 0.3) is 0 Å². The maximum absolute atomic E-state index is 3.70. The van der Waals surface area contributed by atoms with Crippen LogP contribution >= 0.6 is 27.3 Å². The van der Waals surface area contributed by atoms with Gasteiger partial charge in [-0.15, -0.1) is 11.3 Å². The normalized spacial score (nSPS) is 14.4. The fourth-order valence-electron chi connectivity index (χ4n) is 2.07. The highest BCUT2D eigenvalue weighted by atomic mass is 79.9. The molecule has 2 rings (SSSR count). The lowest BCUT2D eigenvalue weighted by Gasteiger charge is -2.22. The molecule has 0 saturated carbocycles. The van der Waals surface area contributed by atoms with Gasteiger partial charge in [0.05, 0.1) is 0 Å². The Morgan fingerprint density at radius 1 is 1.22 bits per heavy atom. The maximum atomic E-state index is 3.70. The molecule has 1 heterocycles. The summed E-state index contributed by atoms with van der Waals surface area (Å²) in [6.07, 6.45) is 1.09. The summed E-state index contributed by atoms with van der Waals surface area (Å²) in [7, 11) is 0. The monoisotopic (exact) mass is 323 g/mol. The second-order valence-electron chi connectivity index (χ2n) is 4.42. The van der Waals surface area contributed by atoms with Crippen molar-refractivity contribution in [1.29, 1.82) is 0 Å². The number of halogens is 1. The summed E-state index contributed by atoms with van der Waals surface area (Å²) in [4.78, 5) is 1.39. The van der Waals surface area contributed by atoms with Crippen LogP contribution in [-0.4, -0.2) is 0 Å². The molecule has 0 fully saturated rings. The van der Waals surface area contributed by atoms with E-state index < -0.39 is 0 Å². The zero-order chi connectivity index (χ0) is 13.0. The van der Waals surface area contributed by atoms with E-state index in [1.54, 1.807) is 0 Å². The molecule has 0 aliphatic heterocycles. The molecule has 0 amide bonds. The molecule has 0 bridgehead atoms. The molecule has 1 N–H and O–H groups in total. The van der Waals surface area contributed by atoms with Crippen LogP contribution in [0.5, 0.6) is 0 Å². The van der Waals surface area contributed by atoms with Gasteiger partial charge >= 0.3 is 0 Å². The number of rotatable bonds is 5. The van der Waals surface area contributed by atoms with Gasteiger partial charge in [-0.05, 0) is 42.5 Å². The molecule has 1 unspecified atom stereocenters. The predicted octanol–water partition coefficient (Wildman–Crippen LogP) is 5.31. The van der Waals surface area contributed by atoms with E-state index in [1.807, 2.05) is 11.3 Å². The van der Waals surface area contributed by atoms with Crippen molar-refractivity contribution in [1.82, 2.24) is 5.32 Å². The van der Waals surface area contributed by atoms with Crippen LogP contribution in [-0.2, 0) is 0 Å². The summed E-state index contributed by atoms with van der Waals surface area (Å²) in [6.45, 7) is 4.45. The third-order valence-corrected chi connectivity index (χ3v) is 4.69. The highest BCUT2D eigenvalue weighted by molar-refractivity contribution is 9.10. The molecule has 2 aromatic rings.